The molecule has 0 radical (unpaired) electrons. The topological polar surface area (TPSA) is 97.7 Å². The van der Waals surface area contributed by atoms with Crippen LogP contribution in [0.25, 0.3) is 0 Å². The van der Waals surface area contributed by atoms with E-state index in [1.54, 1.807) is 0 Å². The Balaban J connectivity index is 1.62. The van der Waals surface area contributed by atoms with Gasteiger partial charge in [0.05, 0.1) is 17.0 Å². The second-order valence-corrected chi connectivity index (χ2v) is 7.82. The summed E-state index contributed by atoms with van der Waals surface area (Å²) in [5, 5.41) is 11.4. The van der Waals surface area contributed by atoms with Gasteiger partial charge < -0.3 is 0 Å². The van der Waals surface area contributed by atoms with Crippen molar-refractivity contribution in [3.8, 4) is 0 Å². The number of nitrogens with one attached hydrogen (secondary N) is 1. The molecular weight excluding hydrogens is 334 g/mol. The first-order chi connectivity index (χ1) is 11.0. The second-order valence-electron chi connectivity index (χ2n) is 5.41. The number of fused-ring (bicyclic) bond motifs is 1. The van der Waals surface area contributed by atoms with Gasteiger partial charge in [-0.25, -0.2) is 9.97 Å². The van der Waals surface area contributed by atoms with Gasteiger partial charge in [0.2, 0.25) is 11.9 Å². The zero-order valence-electron chi connectivity index (χ0n) is 12.7. The highest BCUT2D eigenvalue weighted by atomic mass is 32.2. The number of anilines is 1. The van der Waals surface area contributed by atoms with Crippen LogP contribution in [0.15, 0.2) is 10.5 Å². The quantitative estimate of drug-likeness (QED) is 0.844. The second kappa shape index (κ2) is 6.71. The van der Waals surface area contributed by atoms with Crippen molar-refractivity contribution < 1.29 is 9.59 Å². The molecule has 0 aliphatic heterocycles. The minimum atomic E-state index is -0.210. The van der Waals surface area contributed by atoms with Crippen molar-refractivity contribution in [1.29, 1.82) is 0 Å². The van der Waals surface area contributed by atoms with E-state index in [9.17, 15) is 9.59 Å². The van der Waals surface area contributed by atoms with Gasteiger partial charge >= 0.3 is 0 Å². The fourth-order valence-corrected chi connectivity index (χ4v) is 3.93. The van der Waals surface area contributed by atoms with Crippen molar-refractivity contribution in [1.82, 2.24) is 20.2 Å². The lowest BCUT2D eigenvalue weighted by atomic mass is 9.88. The van der Waals surface area contributed by atoms with Crippen molar-refractivity contribution >= 4 is 40.7 Å². The predicted octanol–water partition coefficient (Wildman–Crippen LogP) is 2.13. The molecule has 0 spiro atoms. The number of Topliss-reactive ketones (excluding diaryl/α,β-unsaturated/α-hetero) is 1. The van der Waals surface area contributed by atoms with E-state index in [0.717, 1.165) is 15.8 Å². The summed E-state index contributed by atoms with van der Waals surface area (Å²) < 4.78 is 0.753. The Kier molecular flexibility index (Phi) is 4.67. The Morgan fingerprint density at radius 1 is 1.43 bits per heavy atom. The molecule has 1 amide bonds. The Hall–Kier alpha value is -1.87. The number of carbonyl (C=O) groups excluding carboxylic acids is 2. The van der Waals surface area contributed by atoms with E-state index >= 15 is 0 Å². The Morgan fingerprint density at radius 2 is 2.26 bits per heavy atom. The summed E-state index contributed by atoms with van der Waals surface area (Å²) in [5.74, 6) is 0.580. The van der Waals surface area contributed by atoms with Gasteiger partial charge in [0, 0.05) is 12.6 Å². The zero-order valence-corrected chi connectivity index (χ0v) is 14.3. The van der Waals surface area contributed by atoms with Gasteiger partial charge in [0.25, 0.3) is 0 Å². The maximum Gasteiger partial charge on any atom is 0.237 e. The lowest BCUT2D eigenvalue weighted by molar-refractivity contribution is -0.113. The van der Waals surface area contributed by atoms with Crippen LogP contribution in [-0.2, 0) is 11.2 Å². The summed E-state index contributed by atoms with van der Waals surface area (Å²) in [6, 6.07) is 0. The first-order valence-corrected chi connectivity index (χ1v) is 8.93. The molecule has 0 aromatic carbocycles. The number of thioether (sulfide) groups is 1. The van der Waals surface area contributed by atoms with Gasteiger partial charge in [-0.15, -0.1) is 10.2 Å². The molecular formula is C14H15N5O2S2. The van der Waals surface area contributed by atoms with Crippen molar-refractivity contribution in [3.63, 3.8) is 0 Å². The standard InChI is InChI=1S/C14H15N5O2S2/c1-7-3-10-9(11(20)4-7)5-15-13(16-10)17-12(21)6-22-14-19-18-8(2)23-14/h5,7H,3-4,6H2,1-2H3,(H,15,16,17,21)/t7-/m0/s1. The summed E-state index contributed by atoms with van der Waals surface area (Å²) in [4.78, 5) is 32.3. The van der Waals surface area contributed by atoms with Crippen molar-refractivity contribution in [2.75, 3.05) is 11.1 Å². The average molecular weight is 349 g/mol. The van der Waals surface area contributed by atoms with Crippen LogP contribution in [0.1, 0.15) is 34.4 Å². The number of rotatable bonds is 4. The van der Waals surface area contributed by atoms with Crippen molar-refractivity contribution in [2.24, 2.45) is 5.92 Å². The largest absolute Gasteiger partial charge is 0.294 e. The molecule has 120 valence electrons. The fourth-order valence-electron chi connectivity index (χ4n) is 2.32. The van der Waals surface area contributed by atoms with E-state index in [1.807, 2.05) is 13.8 Å². The molecule has 2 heterocycles. The van der Waals surface area contributed by atoms with Gasteiger partial charge in [0.1, 0.15) is 5.01 Å². The summed E-state index contributed by atoms with van der Waals surface area (Å²) >= 11 is 2.77. The number of ketones is 1. The number of carbonyl (C=O) groups is 2. The molecule has 0 fully saturated rings. The minimum absolute atomic E-state index is 0.0684. The third-order valence-corrected chi connectivity index (χ3v) is 5.30. The Morgan fingerprint density at radius 3 is 3.00 bits per heavy atom. The maximum absolute atomic E-state index is 12.0. The third-order valence-electron chi connectivity index (χ3n) is 3.33. The van der Waals surface area contributed by atoms with Crippen LogP contribution in [0.2, 0.25) is 0 Å². The molecule has 2 aromatic rings. The molecule has 23 heavy (non-hydrogen) atoms. The van der Waals surface area contributed by atoms with Crippen LogP contribution in [-0.4, -0.2) is 37.6 Å². The Labute approximate surface area is 141 Å². The molecule has 0 bridgehead atoms. The number of aromatic nitrogens is 4. The van der Waals surface area contributed by atoms with Crippen molar-refractivity contribution in [2.45, 2.75) is 31.0 Å². The highest BCUT2D eigenvalue weighted by molar-refractivity contribution is 8.01. The van der Waals surface area contributed by atoms with E-state index < -0.39 is 0 Å². The van der Waals surface area contributed by atoms with Gasteiger partial charge in [-0.3, -0.25) is 14.9 Å². The van der Waals surface area contributed by atoms with Crippen molar-refractivity contribution in [3.05, 3.63) is 22.5 Å². The van der Waals surface area contributed by atoms with Gasteiger partial charge in [-0.05, 0) is 19.3 Å². The molecule has 1 aliphatic carbocycles. The highest BCUT2D eigenvalue weighted by Crippen LogP contribution is 2.24. The SMILES string of the molecule is Cc1nnc(SCC(=O)Nc2ncc3c(n2)C[C@H](C)CC3=O)s1. The molecule has 2 aromatic heterocycles. The number of amides is 1. The normalized spacial score (nSPS) is 17.0. The van der Waals surface area contributed by atoms with E-state index in [0.29, 0.717) is 17.7 Å². The minimum Gasteiger partial charge on any atom is -0.294 e. The van der Waals surface area contributed by atoms with Gasteiger partial charge in [-0.2, -0.15) is 0 Å². The van der Waals surface area contributed by atoms with E-state index in [1.165, 1.54) is 29.3 Å². The van der Waals surface area contributed by atoms with Crippen LogP contribution < -0.4 is 5.32 Å². The molecule has 0 saturated heterocycles. The lowest BCUT2D eigenvalue weighted by Gasteiger charge is -2.19. The maximum atomic E-state index is 12.0. The van der Waals surface area contributed by atoms with Crippen LogP contribution in [0.3, 0.4) is 0 Å². The predicted molar refractivity (Wildman–Crippen MR) is 87.8 cm³/mol. The highest BCUT2D eigenvalue weighted by Gasteiger charge is 2.24. The van der Waals surface area contributed by atoms with Crippen LogP contribution in [0, 0.1) is 12.8 Å². The van der Waals surface area contributed by atoms with E-state index in [-0.39, 0.29) is 29.3 Å². The van der Waals surface area contributed by atoms with Crippen LogP contribution in [0.4, 0.5) is 5.95 Å². The molecule has 9 heteroatoms. The summed E-state index contributed by atoms with van der Waals surface area (Å²) in [6.07, 6.45) is 2.76. The first kappa shape index (κ1) is 16.0. The van der Waals surface area contributed by atoms with Crippen LogP contribution >= 0.6 is 23.1 Å². The number of hydrogen-bond donors (Lipinski definition) is 1. The molecule has 0 unspecified atom stereocenters. The van der Waals surface area contributed by atoms with E-state index in [2.05, 4.69) is 25.5 Å². The summed E-state index contributed by atoms with van der Waals surface area (Å²) in [7, 11) is 0. The zero-order chi connectivity index (χ0) is 16.4. The first-order valence-electron chi connectivity index (χ1n) is 7.13. The molecule has 1 N–H and O–H groups in total. The summed E-state index contributed by atoms with van der Waals surface area (Å²) in [5.41, 5.74) is 1.28. The Bertz CT molecular complexity index is 761. The van der Waals surface area contributed by atoms with Crippen LogP contribution in [0.5, 0.6) is 0 Å². The molecule has 3 rings (SSSR count). The number of nitrogens with zero attached hydrogens (tertiary/aromatic N) is 4. The monoisotopic (exact) mass is 349 g/mol. The third kappa shape index (κ3) is 3.91. The molecule has 1 atom stereocenters. The molecule has 0 saturated carbocycles. The average Bonchev–Trinajstić information content (AvgIpc) is 2.90. The molecule has 1 aliphatic rings. The summed E-state index contributed by atoms with van der Waals surface area (Å²) in [6.45, 7) is 3.88. The number of aryl methyl sites for hydroxylation is 1. The fraction of sp³-hybridized carbons (Fsp3) is 0.429. The molecule has 7 nitrogen and oxygen atoms in total. The van der Waals surface area contributed by atoms with Gasteiger partial charge in [0.15, 0.2) is 10.1 Å². The van der Waals surface area contributed by atoms with Gasteiger partial charge in [-0.1, -0.05) is 30.0 Å². The smallest absolute Gasteiger partial charge is 0.237 e. The number of hydrogen-bond acceptors (Lipinski definition) is 8. The van der Waals surface area contributed by atoms with E-state index in [4.69, 9.17) is 0 Å². The lowest BCUT2D eigenvalue weighted by Crippen LogP contribution is -2.22.